The van der Waals surface area contributed by atoms with Gasteiger partial charge in [-0.15, -0.1) is 0 Å². The molecular formula is C13H20ClNO2. The van der Waals surface area contributed by atoms with Crippen molar-refractivity contribution < 1.29 is 9.47 Å². The van der Waals surface area contributed by atoms with E-state index in [0.717, 1.165) is 17.7 Å². The van der Waals surface area contributed by atoms with Gasteiger partial charge in [0.2, 0.25) is 0 Å². The zero-order chi connectivity index (χ0) is 12.9. The summed E-state index contributed by atoms with van der Waals surface area (Å²) >= 11 is 5.89. The fourth-order valence-electron chi connectivity index (χ4n) is 1.36. The van der Waals surface area contributed by atoms with E-state index in [1.54, 1.807) is 13.2 Å². The number of methoxy groups -OCH3 is 1. The second-order valence-electron chi connectivity index (χ2n) is 4.52. The largest absolute Gasteiger partial charge is 0.493 e. The van der Waals surface area contributed by atoms with Gasteiger partial charge in [0.15, 0.2) is 0 Å². The third kappa shape index (κ3) is 4.54. The second-order valence-corrected chi connectivity index (χ2v) is 4.95. The summed E-state index contributed by atoms with van der Waals surface area (Å²) in [5, 5.41) is 0.676. The van der Waals surface area contributed by atoms with Gasteiger partial charge in [-0.05, 0) is 32.0 Å². The standard InChI is InChI=1S/C13H20ClNO2/c1-13(2,16-3)6-7-17-12-5-4-11(14)8-10(12)9-15/h4-5,8H,6-7,9,15H2,1-3H3. The van der Waals surface area contributed by atoms with E-state index in [1.165, 1.54) is 0 Å². The molecular weight excluding hydrogens is 238 g/mol. The summed E-state index contributed by atoms with van der Waals surface area (Å²) in [6, 6.07) is 5.49. The van der Waals surface area contributed by atoms with Crippen LogP contribution in [0.4, 0.5) is 0 Å². The molecule has 17 heavy (non-hydrogen) atoms. The lowest BCUT2D eigenvalue weighted by molar-refractivity contribution is 0.00538. The van der Waals surface area contributed by atoms with Crippen molar-refractivity contribution in [3.8, 4) is 5.75 Å². The smallest absolute Gasteiger partial charge is 0.123 e. The molecule has 96 valence electrons. The van der Waals surface area contributed by atoms with E-state index in [9.17, 15) is 0 Å². The van der Waals surface area contributed by atoms with Crippen LogP contribution >= 0.6 is 11.6 Å². The van der Waals surface area contributed by atoms with E-state index < -0.39 is 0 Å². The quantitative estimate of drug-likeness (QED) is 0.852. The molecule has 0 amide bonds. The van der Waals surface area contributed by atoms with Crippen molar-refractivity contribution in [3.63, 3.8) is 0 Å². The number of nitrogens with two attached hydrogens (primary N) is 1. The van der Waals surface area contributed by atoms with Crippen molar-refractivity contribution in [2.45, 2.75) is 32.4 Å². The minimum atomic E-state index is -0.171. The summed E-state index contributed by atoms with van der Waals surface area (Å²) in [6.07, 6.45) is 0.816. The van der Waals surface area contributed by atoms with Crippen LogP contribution in [0.3, 0.4) is 0 Å². The molecule has 0 aliphatic carbocycles. The van der Waals surface area contributed by atoms with E-state index >= 15 is 0 Å². The fourth-order valence-corrected chi connectivity index (χ4v) is 1.55. The number of halogens is 1. The van der Waals surface area contributed by atoms with Crippen LogP contribution in [-0.4, -0.2) is 19.3 Å². The summed E-state index contributed by atoms with van der Waals surface area (Å²) in [5.74, 6) is 0.795. The highest BCUT2D eigenvalue weighted by Crippen LogP contribution is 2.23. The predicted molar refractivity (Wildman–Crippen MR) is 70.5 cm³/mol. The molecule has 0 heterocycles. The zero-order valence-electron chi connectivity index (χ0n) is 10.6. The SMILES string of the molecule is COC(C)(C)CCOc1ccc(Cl)cc1CN. The molecule has 0 aliphatic rings. The van der Waals surface area contributed by atoms with Crippen LogP contribution in [0.15, 0.2) is 18.2 Å². The van der Waals surface area contributed by atoms with Crippen LogP contribution in [0.1, 0.15) is 25.8 Å². The third-order valence-corrected chi connectivity index (χ3v) is 2.99. The van der Waals surface area contributed by atoms with Crippen LogP contribution in [-0.2, 0) is 11.3 Å². The zero-order valence-corrected chi connectivity index (χ0v) is 11.4. The van der Waals surface area contributed by atoms with Gasteiger partial charge < -0.3 is 15.2 Å². The molecule has 4 heteroatoms. The van der Waals surface area contributed by atoms with Crippen LogP contribution in [0.25, 0.3) is 0 Å². The molecule has 0 atom stereocenters. The Morgan fingerprint density at radius 1 is 1.35 bits per heavy atom. The third-order valence-electron chi connectivity index (χ3n) is 2.76. The summed E-state index contributed by atoms with van der Waals surface area (Å²) in [5.41, 5.74) is 6.39. The highest BCUT2D eigenvalue weighted by atomic mass is 35.5. The number of hydrogen-bond acceptors (Lipinski definition) is 3. The Morgan fingerprint density at radius 2 is 2.06 bits per heavy atom. The highest BCUT2D eigenvalue weighted by Gasteiger charge is 2.16. The normalized spacial score (nSPS) is 11.6. The minimum absolute atomic E-state index is 0.171. The monoisotopic (exact) mass is 257 g/mol. The van der Waals surface area contributed by atoms with Gasteiger partial charge in [0.25, 0.3) is 0 Å². The minimum Gasteiger partial charge on any atom is -0.493 e. The van der Waals surface area contributed by atoms with Gasteiger partial charge in [0, 0.05) is 30.7 Å². The van der Waals surface area contributed by atoms with Crippen molar-refractivity contribution in [1.29, 1.82) is 0 Å². The molecule has 0 aliphatic heterocycles. The molecule has 0 fully saturated rings. The molecule has 0 bridgehead atoms. The van der Waals surface area contributed by atoms with E-state index in [-0.39, 0.29) is 5.60 Å². The molecule has 0 aromatic heterocycles. The van der Waals surface area contributed by atoms with Gasteiger partial charge in [-0.1, -0.05) is 11.6 Å². The first kappa shape index (κ1) is 14.3. The van der Waals surface area contributed by atoms with Gasteiger partial charge in [-0.3, -0.25) is 0 Å². The average molecular weight is 258 g/mol. The summed E-state index contributed by atoms with van der Waals surface area (Å²) < 4.78 is 11.0. The van der Waals surface area contributed by atoms with E-state index in [4.69, 9.17) is 26.8 Å². The Kier molecular flexibility index (Phi) is 5.25. The first-order valence-corrected chi connectivity index (χ1v) is 6.03. The first-order valence-electron chi connectivity index (χ1n) is 5.65. The van der Waals surface area contributed by atoms with Crippen LogP contribution in [0.5, 0.6) is 5.75 Å². The maximum Gasteiger partial charge on any atom is 0.123 e. The highest BCUT2D eigenvalue weighted by molar-refractivity contribution is 6.30. The lowest BCUT2D eigenvalue weighted by Gasteiger charge is -2.23. The molecule has 0 unspecified atom stereocenters. The number of benzene rings is 1. The van der Waals surface area contributed by atoms with Crippen LogP contribution in [0, 0.1) is 0 Å². The van der Waals surface area contributed by atoms with Crippen molar-refractivity contribution in [2.24, 2.45) is 5.73 Å². The lowest BCUT2D eigenvalue weighted by Crippen LogP contribution is -2.25. The van der Waals surface area contributed by atoms with Gasteiger partial charge in [-0.25, -0.2) is 0 Å². The number of rotatable bonds is 6. The second kappa shape index (κ2) is 6.24. The maximum absolute atomic E-state index is 5.89. The molecule has 0 spiro atoms. The van der Waals surface area contributed by atoms with Gasteiger partial charge in [0.1, 0.15) is 5.75 Å². The van der Waals surface area contributed by atoms with Gasteiger partial charge >= 0.3 is 0 Å². The molecule has 3 nitrogen and oxygen atoms in total. The van der Waals surface area contributed by atoms with Crippen LogP contribution < -0.4 is 10.5 Å². The predicted octanol–water partition coefficient (Wildman–Crippen LogP) is 2.99. The molecule has 1 rings (SSSR count). The molecule has 0 saturated carbocycles. The van der Waals surface area contributed by atoms with Crippen LogP contribution in [0.2, 0.25) is 5.02 Å². The Balaban J connectivity index is 2.57. The van der Waals surface area contributed by atoms with E-state index in [2.05, 4.69) is 0 Å². The van der Waals surface area contributed by atoms with Gasteiger partial charge in [0.05, 0.1) is 12.2 Å². The van der Waals surface area contributed by atoms with Gasteiger partial charge in [-0.2, -0.15) is 0 Å². The fraction of sp³-hybridized carbons (Fsp3) is 0.538. The van der Waals surface area contributed by atoms with E-state index in [1.807, 2.05) is 26.0 Å². The Bertz CT molecular complexity index is 366. The molecule has 0 radical (unpaired) electrons. The summed E-state index contributed by atoms with van der Waals surface area (Å²) in [7, 11) is 1.70. The average Bonchev–Trinajstić information content (AvgIpc) is 2.30. The summed E-state index contributed by atoms with van der Waals surface area (Å²) in [6.45, 7) is 5.07. The molecule has 1 aromatic rings. The van der Waals surface area contributed by atoms with Crippen molar-refractivity contribution >= 4 is 11.6 Å². The Morgan fingerprint density at radius 3 is 2.65 bits per heavy atom. The van der Waals surface area contributed by atoms with Crippen molar-refractivity contribution in [1.82, 2.24) is 0 Å². The first-order chi connectivity index (χ1) is 7.98. The maximum atomic E-state index is 5.89. The van der Waals surface area contributed by atoms with E-state index in [0.29, 0.717) is 18.2 Å². The van der Waals surface area contributed by atoms with Crippen molar-refractivity contribution in [2.75, 3.05) is 13.7 Å². The molecule has 2 N–H and O–H groups in total. The summed E-state index contributed by atoms with van der Waals surface area (Å²) in [4.78, 5) is 0. The number of hydrogen-bond donors (Lipinski definition) is 1. The molecule has 1 aromatic carbocycles. The van der Waals surface area contributed by atoms with Crippen molar-refractivity contribution in [3.05, 3.63) is 28.8 Å². The Labute approximate surface area is 108 Å². The molecule has 0 saturated heterocycles. The Hall–Kier alpha value is -0.770. The lowest BCUT2D eigenvalue weighted by atomic mass is 10.1. The number of ether oxygens (including phenoxy) is 2. The topological polar surface area (TPSA) is 44.5 Å².